The summed E-state index contributed by atoms with van der Waals surface area (Å²) in [6.07, 6.45) is 0. The summed E-state index contributed by atoms with van der Waals surface area (Å²) in [6.45, 7) is 5.81. The number of carbonyl (C=O) groups is 1. The molecular formula is C19H18N6OS. The van der Waals surface area contributed by atoms with Gasteiger partial charge in [0.15, 0.2) is 0 Å². The van der Waals surface area contributed by atoms with Crippen LogP contribution in [0.3, 0.4) is 0 Å². The second kappa shape index (κ2) is 8.01. The highest BCUT2D eigenvalue weighted by molar-refractivity contribution is 8.00. The van der Waals surface area contributed by atoms with Crippen LogP contribution in [-0.4, -0.2) is 31.4 Å². The maximum absolute atomic E-state index is 12.5. The van der Waals surface area contributed by atoms with E-state index in [1.807, 2.05) is 26.0 Å². The molecule has 0 spiro atoms. The first-order valence-electron chi connectivity index (χ1n) is 8.31. The molecule has 0 aliphatic carbocycles. The molecule has 7 nitrogen and oxygen atoms in total. The van der Waals surface area contributed by atoms with Crippen LogP contribution in [0.2, 0.25) is 0 Å². The highest BCUT2D eigenvalue weighted by Crippen LogP contribution is 2.25. The summed E-state index contributed by atoms with van der Waals surface area (Å²) in [7, 11) is 0. The Bertz CT molecular complexity index is 1020. The van der Waals surface area contributed by atoms with Crippen LogP contribution >= 0.6 is 11.8 Å². The molecule has 0 aliphatic heterocycles. The number of carbonyl (C=O) groups excluding carboxylic acids is 1. The molecule has 0 saturated carbocycles. The molecule has 0 fully saturated rings. The summed E-state index contributed by atoms with van der Waals surface area (Å²) in [6, 6.07) is 14.9. The number of amides is 1. The molecule has 0 unspecified atom stereocenters. The van der Waals surface area contributed by atoms with Gasteiger partial charge >= 0.3 is 0 Å². The summed E-state index contributed by atoms with van der Waals surface area (Å²) < 4.78 is 1.64. The number of rotatable bonds is 5. The molecule has 2 aromatic carbocycles. The summed E-state index contributed by atoms with van der Waals surface area (Å²) in [5.41, 5.74) is 4.16. The zero-order valence-corrected chi connectivity index (χ0v) is 16.0. The minimum absolute atomic E-state index is 0.190. The zero-order valence-electron chi connectivity index (χ0n) is 15.2. The van der Waals surface area contributed by atoms with Crippen LogP contribution < -0.4 is 5.32 Å². The van der Waals surface area contributed by atoms with E-state index in [1.165, 1.54) is 11.8 Å². The second-order valence-electron chi connectivity index (χ2n) is 6.11. The third-order valence-electron chi connectivity index (χ3n) is 3.93. The minimum Gasteiger partial charge on any atom is -0.325 e. The van der Waals surface area contributed by atoms with Crippen molar-refractivity contribution in [3.63, 3.8) is 0 Å². The fourth-order valence-electron chi connectivity index (χ4n) is 2.57. The summed E-state index contributed by atoms with van der Waals surface area (Å²) in [5, 5.41) is 23.8. The lowest BCUT2D eigenvalue weighted by atomic mass is 10.1. The molecular weight excluding hydrogens is 360 g/mol. The van der Waals surface area contributed by atoms with Crippen molar-refractivity contribution >= 4 is 23.4 Å². The molecule has 0 bridgehead atoms. The van der Waals surface area contributed by atoms with Crippen molar-refractivity contribution in [3.05, 3.63) is 59.2 Å². The van der Waals surface area contributed by atoms with Gasteiger partial charge in [-0.15, -0.1) is 5.10 Å². The molecule has 1 N–H and O–H groups in total. The van der Waals surface area contributed by atoms with Gasteiger partial charge in [0.25, 0.3) is 0 Å². The van der Waals surface area contributed by atoms with E-state index in [2.05, 4.69) is 33.0 Å². The number of benzene rings is 2. The van der Waals surface area contributed by atoms with Gasteiger partial charge in [-0.25, -0.2) is 0 Å². The lowest BCUT2D eigenvalue weighted by molar-refractivity contribution is -0.115. The van der Waals surface area contributed by atoms with Gasteiger partial charge in [-0.05, 0) is 61.0 Å². The number of tetrazole rings is 1. The summed E-state index contributed by atoms with van der Waals surface area (Å²) in [5.74, 6) is -0.190. The molecule has 1 aromatic heterocycles. The first-order chi connectivity index (χ1) is 13.0. The third-order valence-corrected chi connectivity index (χ3v) is 4.97. The molecule has 1 amide bonds. The standard InChI is InChI=1S/C19H18N6OS/c1-12-7-8-17(13(2)9-12)25-19(22-23-24-25)27-14(3)18(26)21-16-6-4-5-15(10-16)11-20/h4-10,14H,1-3H3,(H,21,26)/t14-/m1/s1. The van der Waals surface area contributed by atoms with E-state index in [9.17, 15) is 4.79 Å². The minimum atomic E-state index is -0.425. The van der Waals surface area contributed by atoms with Gasteiger partial charge in [-0.2, -0.15) is 9.94 Å². The number of nitriles is 1. The summed E-state index contributed by atoms with van der Waals surface area (Å²) >= 11 is 1.27. The normalized spacial score (nSPS) is 11.6. The average Bonchev–Trinajstić information content (AvgIpc) is 3.09. The van der Waals surface area contributed by atoms with Crippen molar-refractivity contribution < 1.29 is 4.79 Å². The Hall–Kier alpha value is -3.18. The van der Waals surface area contributed by atoms with Gasteiger partial charge in [0.2, 0.25) is 11.1 Å². The monoisotopic (exact) mass is 378 g/mol. The number of aromatic nitrogens is 4. The Morgan fingerprint density at radius 2 is 2.07 bits per heavy atom. The second-order valence-corrected chi connectivity index (χ2v) is 7.41. The van der Waals surface area contributed by atoms with E-state index < -0.39 is 5.25 Å². The lowest BCUT2D eigenvalue weighted by Gasteiger charge is -2.13. The highest BCUT2D eigenvalue weighted by Gasteiger charge is 2.20. The molecule has 8 heteroatoms. The Morgan fingerprint density at radius 3 is 2.81 bits per heavy atom. The van der Waals surface area contributed by atoms with E-state index in [0.717, 1.165) is 16.8 Å². The number of hydrogen-bond acceptors (Lipinski definition) is 6. The van der Waals surface area contributed by atoms with Gasteiger partial charge in [-0.1, -0.05) is 35.5 Å². The summed E-state index contributed by atoms with van der Waals surface area (Å²) in [4.78, 5) is 12.5. The molecule has 0 aliphatic rings. The third kappa shape index (κ3) is 4.33. The number of anilines is 1. The molecule has 1 atom stereocenters. The largest absolute Gasteiger partial charge is 0.325 e. The van der Waals surface area contributed by atoms with E-state index in [0.29, 0.717) is 16.4 Å². The quantitative estimate of drug-likeness (QED) is 0.685. The zero-order chi connectivity index (χ0) is 19.4. The van der Waals surface area contributed by atoms with Crippen LogP contribution in [0.25, 0.3) is 5.69 Å². The fourth-order valence-corrected chi connectivity index (χ4v) is 3.37. The smallest absolute Gasteiger partial charge is 0.237 e. The van der Waals surface area contributed by atoms with E-state index in [1.54, 1.807) is 35.9 Å². The van der Waals surface area contributed by atoms with Gasteiger partial charge in [0, 0.05) is 5.69 Å². The van der Waals surface area contributed by atoms with Crippen molar-refractivity contribution in [3.8, 4) is 11.8 Å². The maximum atomic E-state index is 12.5. The molecule has 0 radical (unpaired) electrons. The molecule has 27 heavy (non-hydrogen) atoms. The molecule has 1 heterocycles. The van der Waals surface area contributed by atoms with E-state index in [4.69, 9.17) is 5.26 Å². The topological polar surface area (TPSA) is 96.5 Å². The average molecular weight is 378 g/mol. The van der Waals surface area contributed by atoms with Crippen LogP contribution in [-0.2, 0) is 4.79 Å². The molecule has 3 aromatic rings. The van der Waals surface area contributed by atoms with Crippen molar-refractivity contribution in [2.75, 3.05) is 5.32 Å². The molecule has 0 saturated heterocycles. The fraction of sp³-hybridized carbons (Fsp3) is 0.211. The van der Waals surface area contributed by atoms with Gasteiger partial charge in [0.1, 0.15) is 0 Å². The van der Waals surface area contributed by atoms with Crippen LogP contribution in [0.15, 0.2) is 47.6 Å². The number of nitrogens with zero attached hydrogens (tertiary/aromatic N) is 5. The van der Waals surface area contributed by atoms with E-state index >= 15 is 0 Å². The van der Waals surface area contributed by atoms with Crippen molar-refractivity contribution in [1.82, 2.24) is 20.2 Å². The van der Waals surface area contributed by atoms with Gasteiger partial charge in [0.05, 0.1) is 22.6 Å². The first kappa shape index (κ1) is 18.6. The molecule has 3 rings (SSSR count). The van der Waals surface area contributed by atoms with Crippen molar-refractivity contribution in [1.29, 1.82) is 5.26 Å². The van der Waals surface area contributed by atoms with Crippen molar-refractivity contribution in [2.24, 2.45) is 0 Å². The first-order valence-corrected chi connectivity index (χ1v) is 9.19. The predicted octanol–water partition coefficient (Wildman–Crippen LogP) is 3.27. The van der Waals surface area contributed by atoms with Crippen LogP contribution in [0, 0.1) is 25.2 Å². The molecule has 136 valence electrons. The van der Waals surface area contributed by atoms with E-state index in [-0.39, 0.29) is 5.91 Å². The van der Waals surface area contributed by atoms with Crippen LogP contribution in [0.1, 0.15) is 23.6 Å². The Kier molecular flexibility index (Phi) is 5.52. The Labute approximate surface area is 161 Å². The van der Waals surface area contributed by atoms with Crippen LogP contribution in [0.5, 0.6) is 0 Å². The Balaban J connectivity index is 1.75. The number of aryl methyl sites for hydroxylation is 2. The van der Waals surface area contributed by atoms with Crippen molar-refractivity contribution in [2.45, 2.75) is 31.2 Å². The van der Waals surface area contributed by atoms with Gasteiger partial charge in [-0.3, -0.25) is 4.79 Å². The predicted molar refractivity (Wildman–Crippen MR) is 104 cm³/mol. The maximum Gasteiger partial charge on any atom is 0.237 e. The lowest BCUT2D eigenvalue weighted by Crippen LogP contribution is -2.23. The number of thioether (sulfide) groups is 1. The van der Waals surface area contributed by atoms with Gasteiger partial charge < -0.3 is 5.32 Å². The number of nitrogens with one attached hydrogen (secondary N) is 1. The van der Waals surface area contributed by atoms with Crippen LogP contribution in [0.4, 0.5) is 5.69 Å². The Morgan fingerprint density at radius 1 is 1.26 bits per heavy atom. The highest BCUT2D eigenvalue weighted by atomic mass is 32.2. The number of hydrogen-bond donors (Lipinski definition) is 1. The SMILES string of the molecule is Cc1ccc(-n2nnnc2S[C@H](C)C(=O)Nc2cccc(C#N)c2)c(C)c1.